The van der Waals surface area contributed by atoms with E-state index in [1.54, 1.807) is 34.6 Å². The second-order valence-corrected chi connectivity index (χ2v) is 6.70. The molecule has 0 heterocycles. The maximum absolute atomic E-state index is 13.1. The van der Waals surface area contributed by atoms with Crippen LogP contribution in [0.5, 0.6) is 0 Å². The Bertz CT molecular complexity index is 551. The Kier molecular flexibility index (Phi) is 5.52. The van der Waals surface area contributed by atoms with Crippen LogP contribution in [0.4, 0.5) is 9.18 Å². The first-order valence-electron chi connectivity index (χ1n) is 7.03. The lowest BCUT2D eigenvalue weighted by Gasteiger charge is -2.28. The first kappa shape index (κ1) is 17.9. The van der Waals surface area contributed by atoms with Gasteiger partial charge in [0, 0.05) is 12.1 Å². The summed E-state index contributed by atoms with van der Waals surface area (Å²) in [6.07, 6.45) is -0.558. The van der Waals surface area contributed by atoms with E-state index in [-0.39, 0.29) is 12.1 Å². The molecule has 22 heavy (non-hydrogen) atoms. The molecule has 0 aliphatic heterocycles. The van der Waals surface area contributed by atoms with Gasteiger partial charge in [-0.25, -0.2) is 9.18 Å². The van der Waals surface area contributed by atoms with E-state index in [2.05, 4.69) is 10.6 Å². The van der Waals surface area contributed by atoms with Crippen molar-refractivity contribution in [2.75, 3.05) is 6.54 Å². The van der Waals surface area contributed by atoms with Gasteiger partial charge in [-0.05, 0) is 52.8 Å². The molecule has 0 bridgehead atoms. The molecule has 0 atom stereocenters. The van der Waals surface area contributed by atoms with Crippen molar-refractivity contribution in [1.29, 1.82) is 0 Å². The van der Waals surface area contributed by atoms with Gasteiger partial charge in [0.05, 0.1) is 5.54 Å². The van der Waals surface area contributed by atoms with Crippen molar-refractivity contribution in [2.45, 2.75) is 45.8 Å². The molecular weight excluding hydrogens is 287 g/mol. The normalized spacial score (nSPS) is 11.7. The van der Waals surface area contributed by atoms with Crippen LogP contribution in [0, 0.1) is 5.82 Å². The molecule has 0 fully saturated rings. The molecule has 0 spiro atoms. The predicted molar refractivity (Wildman–Crippen MR) is 82.2 cm³/mol. The highest BCUT2D eigenvalue weighted by atomic mass is 19.1. The molecule has 0 saturated carbocycles. The molecule has 0 aliphatic rings. The quantitative estimate of drug-likeness (QED) is 0.898. The third kappa shape index (κ3) is 6.56. The minimum absolute atomic E-state index is 0.182. The second kappa shape index (κ2) is 6.77. The third-order valence-electron chi connectivity index (χ3n) is 2.62. The number of carbonyl (C=O) groups excluding carboxylic acids is 2. The fraction of sp³-hybridized carbons (Fsp3) is 0.500. The number of halogens is 1. The summed E-state index contributed by atoms with van der Waals surface area (Å²) in [6, 6.07) is 5.41. The number of carbonyl (C=O) groups is 2. The van der Waals surface area contributed by atoms with Crippen LogP contribution in [0.1, 0.15) is 45.0 Å². The Morgan fingerprint density at radius 3 is 2.36 bits per heavy atom. The van der Waals surface area contributed by atoms with Crippen molar-refractivity contribution in [1.82, 2.24) is 10.6 Å². The minimum Gasteiger partial charge on any atom is -0.444 e. The van der Waals surface area contributed by atoms with Crippen molar-refractivity contribution in [3.05, 3.63) is 35.6 Å². The van der Waals surface area contributed by atoms with E-state index in [0.29, 0.717) is 0 Å². The summed E-state index contributed by atoms with van der Waals surface area (Å²) in [6.45, 7) is 9.00. The summed E-state index contributed by atoms with van der Waals surface area (Å²) in [5, 5.41) is 5.34. The second-order valence-electron chi connectivity index (χ2n) is 6.70. The van der Waals surface area contributed by atoms with Crippen molar-refractivity contribution in [3.8, 4) is 0 Å². The molecule has 1 rings (SSSR count). The van der Waals surface area contributed by atoms with E-state index in [1.165, 1.54) is 18.2 Å². The summed E-state index contributed by atoms with van der Waals surface area (Å²) < 4.78 is 18.2. The van der Waals surface area contributed by atoms with E-state index >= 15 is 0 Å². The van der Waals surface area contributed by atoms with Crippen LogP contribution in [-0.4, -0.2) is 29.7 Å². The van der Waals surface area contributed by atoms with Gasteiger partial charge in [0.2, 0.25) is 0 Å². The van der Waals surface area contributed by atoms with Gasteiger partial charge in [-0.2, -0.15) is 0 Å². The van der Waals surface area contributed by atoms with Crippen molar-refractivity contribution >= 4 is 12.0 Å². The van der Waals surface area contributed by atoms with Crippen LogP contribution >= 0.6 is 0 Å². The molecule has 0 saturated heterocycles. The zero-order valence-corrected chi connectivity index (χ0v) is 13.6. The van der Waals surface area contributed by atoms with Gasteiger partial charge in [0.1, 0.15) is 11.4 Å². The Labute approximate surface area is 130 Å². The monoisotopic (exact) mass is 310 g/mol. The highest BCUT2D eigenvalue weighted by Gasteiger charge is 2.25. The fourth-order valence-corrected chi connectivity index (χ4v) is 1.66. The number of hydrogen-bond acceptors (Lipinski definition) is 3. The van der Waals surface area contributed by atoms with Crippen LogP contribution in [0.15, 0.2) is 24.3 Å². The Morgan fingerprint density at radius 1 is 1.18 bits per heavy atom. The Balaban J connectivity index is 2.55. The van der Waals surface area contributed by atoms with Gasteiger partial charge < -0.3 is 15.4 Å². The zero-order chi connectivity index (χ0) is 17.0. The van der Waals surface area contributed by atoms with Gasteiger partial charge >= 0.3 is 6.09 Å². The molecule has 1 aromatic carbocycles. The summed E-state index contributed by atoms with van der Waals surface area (Å²) in [5.41, 5.74) is -1.07. The number of alkyl carbamates (subject to hydrolysis) is 1. The topological polar surface area (TPSA) is 67.4 Å². The van der Waals surface area contributed by atoms with E-state index < -0.39 is 29.0 Å². The van der Waals surface area contributed by atoms with Crippen LogP contribution in [0.2, 0.25) is 0 Å². The fourth-order valence-electron chi connectivity index (χ4n) is 1.66. The SMILES string of the molecule is CC(C)(CNC(=O)c1cccc(F)c1)NC(=O)OC(C)(C)C. The minimum atomic E-state index is -0.703. The molecule has 1 aromatic rings. The lowest BCUT2D eigenvalue weighted by atomic mass is 10.1. The summed E-state index contributed by atoms with van der Waals surface area (Å²) in [7, 11) is 0. The van der Waals surface area contributed by atoms with E-state index in [4.69, 9.17) is 4.74 Å². The average molecular weight is 310 g/mol. The molecule has 2 amide bonds. The van der Waals surface area contributed by atoms with Crippen LogP contribution in [0.25, 0.3) is 0 Å². The van der Waals surface area contributed by atoms with E-state index in [0.717, 1.165) is 6.07 Å². The highest BCUT2D eigenvalue weighted by molar-refractivity contribution is 5.94. The number of hydrogen-bond donors (Lipinski definition) is 2. The lowest BCUT2D eigenvalue weighted by molar-refractivity contribution is 0.0469. The molecule has 0 aliphatic carbocycles. The third-order valence-corrected chi connectivity index (χ3v) is 2.62. The molecule has 0 unspecified atom stereocenters. The Morgan fingerprint density at radius 2 is 1.82 bits per heavy atom. The van der Waals surface area contributed by atoms with Crippen LogP contribution < -0.4 is 10.6 Å². The van der Waals surface area contributed by atoms with Crippen LogP contribution in [0.3, 0.4) is 0 Å². The van der Waals surface area contributed by atoms with Crippen LogP contribution in [-0.2, 0) is 4.74 Å². The number of benzene rings is 1. The van der Waals surface area contributed by atoms with Crippen molar-refractivity contribution in [2.24, 2.45) is 0 Å². The standard InChI is InChI=1S/C16H23FN2O3/c1-15(2,3)22-14(21)19-16(4,5)10-18-13(20)11-7-6-8-12(17)9-11/h6-9H,10H2,1-5H3,(H,18,20)(H,19,21). The summed E-state index contributed by atoms with van der Waals surface area (Å²) in [4.78, 5) is 23.7. The smallest absolute Gasteiger partial charge is 0.408 e. The molecular formula is C16H23FN2O3. The number of nitrogens with one attached hydrogen (secondary N) is 2. The molecule has 0 radical (unpaired) electrons. The van der Waals surface area contributed by atoms with Gasteiger partial charge in [-0.3, -0.25) is 4.79 Å². The molecule has 5 nitrogen and oxygen atoms in total. The highest BCUT2D eigenvalue weighted by Crippen LogP contribution is 2.09. The van der Waals surface area contributed by atoms with E-state index in [9.17, 15) is 14.0 Å². The van der Waals surface area contributed by atoms with Crippen molar-refractivity contribution in [3.63, 3.8) is 0 Å². The first-order chi connectivity index (χ1) is 9.98. The Hall–Kier alpha value is -2.11. The van der Waals surface area contributed by atoms with Crippen molar-refractivity contribution < 1.29 is 18.7 Å². The van der Waals surface area contributed by atoms with Gasteiger partial charge in [0.15, 0.2) is 0 Å². The lowest BCUT2D eigenvalue weighted by Crippen LogP contribution is -2.52. The summed E-state index contributed by atoms with van der Waals surface area (Å²) >= 11 is 0. The van der Waals surface area contributed by atoms with Gasteiger partial charge in [-0.1, -0.05) is 6.07 Å². The van der Waals surface area contributed by atoms with E-state index in [1.807, 2.05) is 0 Å². The maximum Gasteiger partial charge on any atom is 0.408 e. The molecule has 6 heteroatoms. The molecule has 2 N–H and O–H groups in total. The predicted octanol–water partition coefficient (Wildman–Crippen LogP) is 2.86. The molecule has 122 valence electrons. The van der Waals surface area contributed by atoms with Gasteiger partial charge in [-0.15, -0.1) is 0 Å². The number of rotatable bonds is 4. The first-order valence-corrected chi connectivity index (χ1v) is 7.03. The number of amides is 2. The number of ether oxygens (including phenoxy) is 1. The van der Waals surface area contributed by atoms with Gasteiger partial charge in [0.25, 0.3) is 5.91 Å². The maximum atomic E-state index is 13.1. The largest absolute Gasteiger partial charge is 0.444 e. The average Bonchev–Trinajstić information content (AvgIpc) is 2.33. The zero-order valence-electron chi connectivity index (χ0n) is 13.6. The molecule has 0 aromatic heterocycles. The summed E-state index contributed by atoms with van der Waals surface area (Å²) in [5.74, 6) is -0.877.